The number of hydrogen-bond acceptors (Lipinski definition) is 3. The lowest BCUT2D eigenvalue weighted by Gasteiger charge is -2.18. The minimum absolute atomic E-state index is 0.104. The normalized spacial score (nSPS) is 13.6. The van der Waals surface area contributed by atoms with E-state index < -0.39 is 6.10 Å². The van der Waals surface area contributed by atoms with Gasteiger partial charge >= 0.3 is 0 Å². The van der Waals surface area contributed by atoms with Crippen LogP contribution in [0.3, 0.4) is 0 Å². The molecular weight excluding hydrogens is 230 g/mol. The Labute approximate surface area is 108 Å². The molecule has 0 heterocycles. The summed E-state index contributed by atoms with van der Waals surface area (Å²) in [5, 5.41) is 2.88. The Morgan fingerprint density at radius 2 is 2.00 bits per heavy atom. The number of amides is 1. The van der Waals surface area contributed by atoms with E-state index in [1.807, 2.05) is 26.0 Å². The van der Waals surface area contributed by atoms with E-state index in [1.54, 1.807) is 26.2 Å². The molecule has 0 bridgehead atoms. The predicted octanol–water partition coefficient (Wildman–Crippen LogP) is 2.38. The quantitative estimate of drug-likeness (QED) is 0.844. The second-order valence-electron chi connectivity index (χ2n) is 4.26. The Balaban J connectivity index is 2.57. The van der Waals surface area contributed by atoms with Gasteiger partial charge < -0.3 is 14.8 Å². The van der Waals surface area contributed by atoms with Crippen LogP contribution in [0.2, 0.25) is 0 Å². The summed E-state index contributed by atoms with van der Waals surface area (Å²) in [5.74, 6) is 1.23. The second-order valence-corrected chi connectivity index (χ2v) is 4.26. The number of carbonyl (C=O) groups excluding carboxylic acids is 1. The summed E-state index contributed by atoms with van der Waals surface area (Å²) in [7, 11) is 1.60. The van der Waals surface area contributed by atoms with Crippen LogP contribution in [-0.4, -0.2) is 25.2 Å². The van der Waals surface area contributed by atoms with E-state index in [1.165, 1.54) is 0 Å². The summed E-state index contributed by atoms with van der Waals surface area (Å²) in [5.41, 5.74) is 0. The van der Waals surface area contributed by atoms with Gasteiger partial charge in [-0.2, -0.15) is 0 Å². The molecule has 18 heavy (non-hydrogen) atoms. The molecule has 1 rings (SSSR count). The minimum atomic E-state index is -0.522. The zero-order valence-corrected chi connectivity index (χ0v) is 11.4. The van der Waals surface area contributed by atoms with Gasteiger partial charge in [0.25, 0.3) is 5.91 Å². The van der Waals surface area contributed by atoms with Crippen LogP contribution >= 0.6 is 0 Å². The van der Waals surface area contributed by atoms with Gasteiger partial charge in [-0.15, -0.1) is 0 Å². The second kappa shape index (κ2) is 6.89. The molecule has 0 aliphatic rings. The molecule has 1 aromatic carbocycles. The lowest BCUT2D eigenvalue weighted by molar-refractivity contribution is -0.127. The van der Waals surface area contributed by atoms with Crippen molar-refractivity contribution in [2.24, 2.45) is 0 Å². The molecule has 0 saturated carbocycles. The van der Waals surface area contributed by atoms with Crippen LogP contribution in [0.1, 0.15) is 27.2 Å². The predicted molar refractivity (Wildman–Crippen MR) is 71.0 cm³/mol. The van der Waals surface area contributed by atoms with Gasteiger partial charge in [-0.05, 0) is 32.4 Å². The van der Waals surface area contributed by atoms with Gasteiger partial charge in [0.15, 0.2) is 6.10 Å². The Bertz CT molecular complexity index is 392. The highest BCUT2D eigenvalue weighted by atomic mass is 16.5. The fourth-order valence-corrected chi connectivity index (χ4v) is 1.39. The van der Waals surface area contributed by atoms with Crippen molar-refractivity contribution in [1.82, 2.24) is 5.32 Å². The average molecular weight is 251 g/mol. The molecule has 0 radical (unpaired) electrons. The third-order valence-corrected chi connectivity index (χ3v) is 2.72. The largest absolute Gasteiger partial charge is 0.497 e. The molecule has 1 amide bonds. The molecule has 0 fully saturated rings. The maximum Gasteiger partial charge on any atom is 0.260 e. The van der Waals surface area contributed by atoms with E-state index in [0.717, 1.165) is 6.42 Å². The van der Waals surface area contributed by atoms with Gasteiger partial charge in [0.05, 0.1) is 7.11 Å². The molecule has 4 nitrogen and oxygen atoms in total. The van der Waals surface area contributed by atoms with Crippen molar-refractivity contribution in [3.8, 4) is 11.5 Å². The van der Waals surface area contributed by atoms with E-state index in [-0.39, 0.29) is 11.9 Å². The third kappa shape index (κ3) is 4.28. The maximum absolute atomic E-state index is 11.8. The van der Waals surface area contributed by atoms with Gasteiger partial charge in [-0.25, -0.2) is 0 Å². The first-order chi connectivity index (χ1) is 8.56. The number of ether oxygens (including phenoxy) is 2. The van der Waals surface area contributed by atoms with Gasteiger partial charge in [-0.1, -0.05) is 13.0 Å². The fourth-order valence-electron chi connectivity index (χ4n) is 1.39. The molecule has 1 N–H and O–H groups in total. The standard InChI is InChI=1S/C14H21NO3/c1-5-10(2)15-14(16)11(3)18-13-8-6-7-12(9-13)17-4/h6-11H,5H2,1-4H3,(H,15,16)/t10-,11-/m0/s1. The van der Waals surface area contributed by atoms with Gasteiger partial charge in [-0.3, -0.25) is 4.79 Å². The summed E-state index contributed by atoms with van der Waals surface area (Å²) < 4.78 is 10.7. The highest BCUT2D eigenvalue weighted by molar-refractivity contribution is 5.80. The fraction of sp³-hybridized carbons (Fsp3) is 0.500. The lowest BCUT2D eigenvalue weighted by Crippen LogP contribution is -2.40. The van der Waals surface area contributed by atoms with Crippen LogP contribution in [0, 0.1) is 0 Å². The monoisotopic (exact) mass is 251 g/mol. The van der Waals surface area contributed by atoms with Gasteiger partial charge in [0.1, 0.15) is 11.5 Å². The van der Waals surface area contributed by atoms with Crippen molar-refractivity contribution >= 4 is 5.91 Å². The van der Waals surface area contributed by atoms with E-state index in [9.17, 15) is 4.79 Å². The number of rotatable bonds is 6. The van der Waals surface area contributed by atoms with Crippen LogP contribution in [0.5, 0.6) is 11.5 Å². The molecule has 4 heteroatoms. The maximum atomic E-state index is 11.8. The Hall–Kier alpha value is -1.71. The van der Waals surface area contributed by atoms with Crippen molar-refractivity contribution in [2.45, 2.75) is 39.3 Å². The van der Waals surface area contributed by atoms with E-state index in [2.05, 4.69) is 5.32 Å². The molecule has 0 saturated heterocycles. The lowest BCUT2D eigenvalue weighted by atomic mass is 10.2. The summed E-state index contributed by atoms with van der Waals surface area (Å²) in [6.45, 7) is 5.73. The molecule has 0 aromatic heterocycles. The zero-order chi connectivity index (χ0) is 13.5. The molecule has 0 aliphatic carbocycles. The zero-order valence-electron chi connectivity index (χ0n) is 11.4. The molecule has 2 atom stereocenters. The number of methoxy groups -OCH3 is 1. The first kappa shape index (κ1) is 14.4. The van der Waals surface area contributed by atoms with Crippen LogP contribution < -0.4 is 14.8 Å². The smallest absolute Gasteiger partial charge is 0.260 e. The third-order valence-electron chi connectivity index (χ3n) is 2.72. The minimum Gasteiger partial charge on any atom is -0.497 e. The highest BCUT2D eigenvalue weighted by Gasteiger charge is 2.16. The number of carbonyl (C=O) groups is 1. The first-order valence-electron chi connectivity index (χ1n) is 6.18. The van der Waals surface area contributed by atoms with Crippen molar-refractivity contribution in [3.05, 3.63) is 24.3 Å². The van der Waals surface area contributed by atoms with E-state index in [0.29, 0.717) is 11.5 Å². The van der Waals surface area contributed by atoms with Crippen LogP contribution in [-0.2, 0) is 4.79 Å². The number of nitrogens with one attached hydrogen (secondary N) is 1. The van der Waals surface area contributed by atoms with Crippen molar-refractivity contribution in [1.29, 1.82) is 0 Å². The molecule has 100 valence electrons. The molecule has 0 unspecified atom stereocenters. The van der Waals surface area contributed by atoms with Crippen LogP contribution in [0.25, 0.3) is 0 Å². The Kier molecular flexibility index (Phi) is 5.49. The first-order valence-corrected chi connectivity index (χ1v) is 6.18. The molecular formula is C14H21NO3. The highest BCUT2D eigenvalue weighted by Crippen LogP contribution is 2.19. The molecule has 1 aromatic rings. The van der Waals surface area contributed by atoms with Crippen molar-refractivity contribution < 1.29 is 14.3 Å². The van der Waals surface area contributed by atoms with Gasteiger partial charge in [0.2, 0.25) is 0 Å². The van der Waals surface area contributed by atoms with Crippen LogP contribution in [0.15, 0.2) is 24.3 Å². The van der Waals surface area contributed by atoms with Gasteiger partial charge in [0, 0.05) is 12.1 Å². The molecule has 0 aliphatic heterocycles. The Morgan fingerprint density at radius 3 is 2.61 bits per heavy atom. The summed E-state index contributed by atoms with van der Waals surface area (Å²) in [6, 6.07) is 7.38. The summed E-state index contributed by atoms with van der Waals surface area (Å²) >= 11 is 0. The number of benzene rings is 1. The average Bonchev–Trinajstić information content (AvgIpc) is 2.38. The van der Waals surface area contributed by atoms with E-state index >= 15 is 0 Å². The summed E-state index contributed by atoms with van der Waals surface area (Å²) in [4.78, 5) is 11.8. The molecule has 0 spiro atoms. The summed E-state index contributed by atoms with van der Waals surface area (Å²) in [6.07, 6.45) is 0.378. The van der Waals surface area contributed by atoms with E-state index in [4.69, 9.17) is 9.47 Å². The topological polar surface area (TPSA) is 47.6 Å². The number of hydrogen-bond donors (Lipinski definition) is 1. The van der Waals surface area contributed by atoms with Crippen molar-refractivity contribution in [3.63, 3.8) is 0 Å². The van der Waals surface area contributed by atoms with Crippen LogP contribution in [0.4, 0.5) is 0 Å². The Morgan fingerprint density at radius 1 is 1.33 bits per heavy atom. The SMILES string of the molecule is CC[C@H](C)NC(=O)[C@H](C)Oc1cccc(OC)c1. The van der Waals surface area contributed by atoms with Crippen molar-refractivity contribution in [2.75, 3.05) is 7.11 Å².